The molecule has 0 aromatic heterocycles. The van der Waals surface area contributed by atoms with E-state index in [0.717, 1.165) is 44.1 Å². The fourth-order valence-electron chi connectivity index (χ4n) is 5.88. The fourth-order valence-corrected chi connectivity index (χ4v) is 5.88. The maximum absolute atomic E-state index is 12.4. The summed E-state index contributed by atoms with van der Waals surface area (Å²) in [7, 11) is 1.51. The molecule has 3 fully saturated rings. The average Bonchev–Trinajstić information content (AvgIpc) is 2.86. The summed E-state index contributed by atoms with van der Waals surface area (Å²) in [6, 6.07) is 0. The van der Waals surface area contributed by atoms with Gasteiger partial charge in [0.15, 0.2) is 0 Å². The molecule has 0 bridgehead atoms. The van der Waals surface area contributed by atoms with Gasteiger partial charge in [0.05, 0.1) is 5.70 Å². The first-order valence-electron chi connectivity index (χ1n) is 8.91. The molecule has 4 rings (SSSR count). The molecule has 0 radical (unpaired) electrons. The Hall–Kier alpha value is -1.13. The third-order valence-corrected chi connectivity index (χ3v) is 7.30. The SMILES string of the molecule is COC1(O)CC=C2C(=C1N)CC[C@@H]1[C@@H]2CC[C@]2(C)C(=O)CC[C@@H]12. The maximum Gasteiger partial charge on any atom is 0.210 e. The molecule has 3 saturated carbocycles. The second kappa shape index (κ2) is 4.93. The van der Waals surface area contributed by atoms with Crippen LogP contribution >= 0.6 is 0 Å². The Morgan fingerprint density at radius 2 is 2.09 bits per heavy atom. The first kappa shape index (κ1) is 15.4. The summed E-state index contributed by atoms with van der Waals surface area (Å²) in [5.74, 6) is 0.770. The zero-order valence-corrected chi connectivity index (χ0v) is 14.1. The summed E-state index contributed by atoms with van der Waals surface area (Å²) in [5, 5.41) is 10.5. The van der Waals surface area contributed by atoms with Crippen molar-refractivity contribution in [2.45, 2.75) is 57.7 Å². The van der Waals surface area contributed by atoms with Crippen molar-refractivity contribution in [3.05, 3.63) is 22.9 Å². The Bertz CT molecular complexity index is 622. The normalized spacial score (nSPS) is 46.1. The van der Waals surface area contributed by atoms with Crippen molar-refractivity contribution >= 4 is 5.78 Å². The molecular formula is C19H27NO3. The molecule has 0 aliphatic heterocycles. The highest BCUT2D eigenvalue weighted by atomic mass is 16.6. The van der Waals surface area contributed by atoms with Crippen LogP contribution in [0.3, 0.4) is 0 Å². The van der Waals surface area contributed by atoms with Crippen molar-refractivity contribution < 1.29 is 14.6 Å². The number of ketones is 1. The van der Waals surface area contributed by atoms with Crippen LogP contribution in [0.2, 0.25) is 0 Å². The van der Waals surface area contributed by atoms with Crippen molar-refractivity contribution in [3.63, 3.8) is 0 Å². The maximum atomic E-state index is 12.4. The number of Topliss-reactive ketones (excluding diaryl/α,β-unsaturated/α-hetero) is 1. The largest absolute Gasteiger partial charge is 0.397 e. The minimum atomic E-state index is -1.34. The number of carbonyl (C=O) groups is 1. The van der Waals surface area contributed by atoms with Crippen LogP contribution in [0.1, 0.15) is 51.9 Å². The lowest BCUT2D eigenvalue weighted by atomic mass is 9.54. The van der Waals surface area contributed by atoms with Gasteiger partial charge in [-0.2, -0.15) is 0 Å². The highest BCUT2D eigenvalue weighted by molar-refractivity contribution is 5.87. The molecule has 5 atom stereocenters. The van der Waals surface area contributed by atoms with Crippen LogP contribution in [-0.2, 0) is 9.53 Å². The van der Waals surface area contributed by atoms with Crippen LogP contribution in [0.15, 0.2) is 22.9 Å². The second-order valence-electron chi connectivity index (χ2n) is 8.08. The molecule has 1 unspecified atom stereocenters. The number of carbonyl (C=O) groups excluding carboxylic acids is 1. The van der Waals surface area contributed by atoms with Crippen LogP contribution in [-0.4, -0.2) is 23.8 Å². The molecule has 0 saturated heterocycles. The predicted octanol–water partition coefficient (Wildman–Crippen LogP) is 2.67. The number of ether oxygens (including phenoxy) is 1. The number of allylic oxidation sites excluding steroid dienone is 2. The predicted molar refractivity (Wildman–Crippen MR) is 87.2 cm³/mol. The van der Waals surface area contributed by atoms with Crippen LogP contribution < -0.4 is 5.73 Å². The van der Waals surface area contributed by atoms with E-state index < -0.39 is 5.79 Å². The summed E-state index contributed by atoms with van der Waals surface area (Å²) in [5.41, 5.74) is 9.13. The topological polar surface area (TPSA) is 72.6 Å². The van der Waals surface area contributed by atoms with Crippen molar-refractivity contribution in [1.82, 2.24) is 0 Å². The number of nitrogens with two attached hydrogens (primary N) is 1. The van der Waals surface area contributed by atoms with Crippen molar-refractivity contribution in [2.75, 3.05) is 7.11 Å². The summed E-state index contributed by atoms with van der Waals surface area (Å²) < 4.78 is 5.26. The zero-order valence-electron chi connectivity index (χ0n) is 14.1. The molecule has 4 nitrogen and oxygen atoms in total. The van der Waals surface area contributed by atoms with E-state index in [0.29, 0.717) is 35.7 Å². The summed E-state index contributed by atoms with van der Waals surface area (Å²) in [4.78, 5) is 12.4. The summed E-state index contributed by atoms with van der Waals surface area (Å²) in [6.07, 6.45) is 8.42. The zero-order chi connectivity index (χ0) is 16.4. The van der Waals surface area contributed by atoms with Gasteiger partial charge in [-0.15, -0.1) is 0 Å². The van der Waals surface area contributed by atoms with Gasteiger partial charge in [-0.1, -0.05) is 13.0 Å². The van der Waals surface area contributed by atoms with Gasteiger partial charge in [0.2, 0.25) is 5.79 Å². The standard InChI is InChI=1S/C19H27NO3/c1-18-9-7-11-12-8-10-19(22,23-2)17(20)14(12)4-3-13(11)15(18)5-6-16(18)21/h8,11,13,15,22H,3-7,9-10,20H2,1-2H3/t11-,13-,15+,18+,19?/m1/s1. The van der Waals surface area contributed by atoms with Crippen LogP contribution in [0, 0.1) is 23.2 Å². The number of aliphatic hydroxyl groups is 1. The molecule has 0 spiro atoms. The van der Waals surface area contributed by atoms with Crippen molar-refractivity contribution in [3.8, 4) is 0 Å². The minimum Gasteiger partial charge on any atom is -0.397 e. The van der Waals surface area contributed by atoms with E-state index >= 15 is 0 Å². The highest BCUT2D eigenvalue weighted by Gasteiger charge is 2.55. The second-order valence-corrected chi connectivity index (χ2v) is 8.08. The van der Waals surface area contributed by atoms with E-state index in [4.69, 9.17) is 10.5 Å². The molecular weight excluding hydrogens is 290 g/mol. The lowest BCUT2D eigenvalue weighted by Crippen LogP contribution is -2.46. The molecule has 3 N–H and O–H groups in total. The number of hydrogen-bond acceptors (Lipinski definition) is 4. The Labute approximate surface area is 137 Å². The van der Waals surface area contributed by atoms with Gasteiger partial charge in [-0.3, -0.25) is 4.79 Å². The number of fused-ring (bicyclic) bond motifs is 5. The van der Waals surface area contributed by atoms with Crippen molar-refractivity contribution in [2.24, 2.45) is 28.9 Å². The Kier molecular flexibility index (Phi) is 3.30. The molecule has 0 heterocycles. The van der Waals surface area contributed by atoms with Crippen LogP contribution in [0.5, 0.6) is 0 Å². The third-order valence-electron chi connectivity index (χ3n) is 7.30. The molecule has 126 valence electrons. The van der Waals surface area contributed by atoms with Crippen LogP contribution in [0.4, 0.5) is 0 Å². The summed E-state index contributed by atoms with van der Waals surface area (Å²) in [6.45, 7) is 2.20. The smallest absolute Gasteiger partial charge is 0.210 e. The molecule has 0 aromatic rings. The van der Waals surface area contributed by atoms with Gasteiger partial charge in [-0.05, 0) is 61.0 Å². The number of rotatable bonds is 1. The summed E-state index contributed by atoms with van der Waals surface area (Å²) >= 11 is 0. The third kappa shape index (κ3) is 1.94. The number of methoxy groups -OCH3 is 1. The molecule has 4 aliphatic rings. The quantitative estimate of drug-likeness (QED) is 0.729. The van der Waals surface area contributed by atoms with E-state index in [1.165, 1.54) is 12.7 Å². The monoisotopic (exact) mass is 317 g/mol. The van der Waals surface area contributed by atoms with Crippen LogP contribution in [0.25, 0.3) is 0 Å². The highest BCUT2D eigenvalue weighted by Crippen LogP contribution is 2.60. The van der Waals surface area contributed by atoms with E-state index in [9.17, 15) is 9.90 Å². The van der Waals surface area contributed by atoms with Gasteiger partial charge < -0.3 is 15.6 Å². The molecule has 4 heteroatoms. The Balaban J connectivity index is 1.68. The van der Waals surface area contributed by atoms with Gasteiger partial charge in [0, 0.05) is 25.4 Å². The van der Waals surface area contributed by atoms with Gasteiger partial charge in [-0.25, -0.2) is 0 Å². The van der Waals surface area contributed by atoms with E-state index in [-0.39, 0.29) is 5.41 Å². The van der Waals surface area contributed by atoms with Gasteiger partial charge in [0.1, 0.15) is 5.78 Å². The van der Waals surface area contributed by atoms with E-state index in [1.54, 1.807) is 0 Å². The lowest BCUT2D eigenvalue weighted by Gasteiger charge is -2.50. The molecule has 23 heavy (non-hydrogen) atoms. The fraction of sp³-hybridized carbons (Fsp3) is 0.737. The lowest BCUT2D eigenvalue weighted by molar-refractivity contribution is -0.155. The number of hydrogen-bond donors (Lipinski definition) is 2. The average molecular weight is 317 g/mol. The van der Waals surface area contributed by atoms with Gasteiger partial charge >= 0.3 is 0 Å². The minimum absolute atomic E-state index is 0.0869. The molecule has 0 amide bonds. The first-order chi connectivity index (χ1) is 10.9. The molecule has 4 aliphatic carbocycles. The van der Waals surface area contributed by atoms with E-state index in [1.807, 2.05) is 0 Å². The first-order valence-corrected chi connectivity index (χ1v) is 8.91. The van der Waals surface area contributed by atoms with E-state index in [2.05, 4.69) is 13.0 Å². The Morgan fingerprint density at radius 1 is 1.30 bits per heavy atom. The molecule has 0 aromatic carbocycles. The Morgan fingerprint density at radius 3 is 2.83 bits per heavy atom. The van der Waals surface area contributed by atoms with Crippen molar-refractivity contribution in [1.29, 1.82) is 0 Å². The van der Waals surface area contributed by atoms with Gasteiger partial charge in [0.25, 0.3) is 0 Å².